The quantitative estimate of drug-likeness (QED) is 0.633. The molecule has 3 saturated heterocycles. The molecular weight excluding hydrogens is 448 g/mol. The van der Waals surface area contributed by atoms with E-state index in [1.54, 1.807) is 10.4 Å². The number of nitrogens with zero attached hydrogens (tertiary/aromatic N) is 4. The van der Waals surface area contributed by atoms with Gasteiger partial charge in [-0.15, -0.1) is 0 Å². The molecular formula is C26H34N4O3S. The van der Waals surface area contributed by atoms with Crippen LogP contribution in [0.15, 0.2) is 53.4 Å². The highest BCUT2D eigenvalue weighted by molar-refractivity contribution is 7.89. The number of anilines is 1. The van der Waals surface area contributed by atoms with Crippen LogP contribution in [-0.2, 0) is 16.6 Å². The Bertz CT molecular complexity index is 1100. The zero-order valence-electron chi connectivity index (χ0n) is 19.7. The van der Waals surface area contributed by atoms with Crippen molar-refractivity contribution in [2.45, 2.75) is 37.1 Å². The van der Waals surface area contributed by atoms with E-state index in [0.717, 1.165) is 64.1 Å². The zero-order chi connectivity index (χ0) is 23.5. The third-order valence-corrected chi connectivity index (χ3v) is 9.17. The molecule has 0 atom stereocenters. The normalized spacial score (nSPS) is 20.2. The van der Waals surface area contributed by atoms with Gasteiger partial charge in [-0.3, -0.25) is 9.69 Å². The molecule has 0 bridgehead atoms. The van der Waals surface area contributed by atoms with E-state index < -0.39 is 10.0 Å². The summed E-state index contributed by atoms with van der Waals surface area (Å²) >= 11 is 0. The Morgan fingerprint density at radius 3 is 2.09 bits per heavy atom. The highest BCUT2D eigenvalue weighted by Crippen LogP contribution is 2.33. The Balaban J connectivity index is 1.34. The van der Waals surface area contributed by atoms with E-state index in [9.17, 15) is 13.2 Å². The average Bonchev–Trinajstić information content (AvgIpc) is 3.60. The molecule has 0 spiro atoms. The van der Waals surface area contributed by atoms with Crippen molar-refractivity contribution < 1.29 is 13.2 Å². The second-order valence-corrected chi connectivity index (χ2v) is 11.4. The van der Waals surface area contributed by atoms with Crippen molar-refractivity contribution >= 4 is 21.6 Å². The van der Waals surface area contributed by atoms with Crippen molar-refractivity contribution in [3.05, 3.63) is 59.7 Å². The zero-order valence-corrected chi connectivity index (χ0v) is 20.5. The van der Waals surface area contributed by atoms with E-state index in [4.69, 9.17) is 0 Å². The lowest BCUT2D eigenvalue weighted by Crippen LogP contribution is -2.48. The Hall–Kier alpha value is -2.42. The maximum Gasteiger partial charge on any atom is 0.253 e. The highest BCUT2D eigenvalue weighted by Gasteiger charge is 2.33. The Labute approximate surface area is 203 Å². The standard InChI is InChI=1S/C26H34N4O3S/c31-26(29-18-16-27(17-19-29)21-22-8-2-1-3-9-22)23-10-11-24(28-12-4-5-13-28)25(20-23)34(32,33)30-14-6-7-15-30/h1-3,8-11,20H,4-7,12-19,21H2. The number of carbonyl (C=O) groups excluding carboxylic acids is 1. The summed E-state index contributed by atoms with van der Waals surface area (Å²) in [6.45, 7) is 6.63. The van der Waals surface area contributed by atoms with Crippen molar-refractivity contribution in [2.24, 2.45) is 0 Å². The maximum absolute atomic E-state index is 13.5. The minimum Gasteiger partial charge on any atom is -0.370 e. The molecule has 0 N–H and O–H groups in total. The molecule has 2 aromatic carbocycles. The fraction of sp³-hybridized carbons (Fsp3) is 0.500. The molecule has 5 rings (SSSR count). The number of carbonyl (C=O) groups is 1. The van der Waals surface area contributed by atoms with Gasteiger partial charge < -0.3 is 9.80 Å². The lowest BCUT2D eigenvalue weighted by Gasteiger charge is -2.35. The third kappa shape index (κ3) is 4.85. The van der Waals surface area contributed by atoms with E-state index >= 15 is 0 Å². The highest BCUT2D eigenvalue weighted by atomic mass is 32.2. The van der Waals surface area contributed by atoms with Gasteiger partial charge in [-0.1, -0.05) is 30.3 Å². The van der Waals surface area contributed by atoms with Gasteiger partial charge in [-0.25, -0.2) is 8.42 Å². The minimum absolute atomic E-state index is 0.0785. The Kier molecular flexibility index (Phi) is 6.90. The first kappa shape index (κ1) is 23.3. The maximum atomic E-state index is 13.5. The second kappa shape index (κ2) is 10.1. The average molecular weight is 483 g/mol. The number of hydrogen-bond donors (Lipinski definition) is 0. The summed E-state index contributed by atoms with van der Waals surface area (Å²) in [6.07, 6.45) is 3.92. The minimum atomic E-state index is -3.62. The summed E-state index contributed by atoms with van der Waals surface area (Å²) < 4.78 is 28.7. The topological polar surface area (TPSA) is 64.2 Å². The number of rotatable bonds is 6. The molecule has 0 aromatic heterocycles. The van der Waals surface area contributed by atoms with Crippen LogP contribution in [0, 0.1) is 0 Å². The molecule has 34 heavy (non-hydrogen) atoms. The van der Waals surface area contributed by atoms with Crippen LogP contribution >= 0.6 is 0 Å². The predicted octanol–water partition coefficient (Wildman–Crippen LogP) is 3.03. The molecule has 2 aromatic rings. The molecule has 0 aliphatic carbocycles. The van der Waals surface area contributed by atoms with Crippen LogP contribution < -0.4 is 4.90 Å². The van der Waals surface area contributed by atoms with E-state index in [1.807, 2.05) is 23.1 Å². The van der Waals surface area contributed by atoms with Crippen LogP contribution in [0.2, 0.25) is 0 Å². The number of piperazine rings is 1. The van der Waals surface area contributed by atoms with Gasteiger partial charge in [0.15, 0.2) is 0 Å². The van der Waals surface area contributed by atoms with Gasteiger partial charge in [0.25, 0.3) is 5.91 Å². The first-order chi connectivity index (χ1) is 16.5. The first-order valence-corrected chi connectivity index (χ1v) is 13.9. The molecule has 1 amide bonds. The van der Waals surface area contributed by atoms with Gasteiger partial charge in [0.1, 0.15) is 4.90 Å². The van der Waals surface area contributed by atoms with Gasteiger partial charge in [0, 0.05) is 64.5 Å². The van der Waals surface area contributed by atoms with E-state index in [2.05, 4.69) is 34.1 Å². The van der Waals surface area contributed by atoms with Crippen LogP contribution in [-0.4, -0.2) is 80.8 Å². The van der Waals surface area contributed by atoms with Crippen LogP contribution in [0.4, 0.5) is 5.69 Å². The van der Waals surface area contributed by atoms with Crippen LogP contribution in [0.1, 0.15) is 41.6 Å². The summed E-state index contributed by atoms with van der Waals surface area (Å²) in [5.41, 5.74) is 2.49. The van der Waals surface area contributed by atoms with Crippen molar-refractivity contribution in [3.63, 3.8) is 0 Å². The Morgan fingerprint density at radius 2 is 1.41 bits per heavy atom. The third-order valence-electron chi connectivity index (χ3n) is 7.24. The molecule has 0 unspecified atom stereocenters. The second-order valence-electron chi connectivity index (χ2n) is 9.54. The fourth-order valence-electron chi connectivity index (χ4n) is 5.27. The molecule has 3 fully saturated rings. The fourth-order valence-corrected chi connectivity index (χ4v) is 7.03. The molecule has 3 heterocycles. The first-order valence-electron chi connectivity index (χ1n) is 12.5. The summed E-state index contributed by atoms with van der Waals surface area (Å²) in [6, 6.07) is 15.7. The summed E-state index contributed by atoms with van der Waals surface area (Å²) in [7, 11) is -3.62. The Morgan fingerprint density at radius 1 is 0.765 bits per heavy atom. The van der Waals surface area contributed by atoms with Crippen LogP contribution in [0.3, 0.4) is 0 Å². The molecule has 182 valence electrons. The van der Waals surface area contributed by atoms with Crippen molar-refractivity contribution in [3.8, 4) is 0 Å². The number of sulfonamides is 1. The van der Waals surface area contributed by atoms with Gasteiger partial charge in [-0.2, -0.15) is 4.31 Å². The van der Waals surface area contributed by atoms with Crippen LogP contribution in [0.25, 0.3) is 0 Å². The van der Waals surface area contributed by atoms with E-state index in [-0.39, 0.29) is 5.91 Å². The van der Waals surface area contributed by atoms with Gasteiger partial charge >= 0.3 is 0 Å². The smallest absolute Gasteiger partial charge is 0.253 e. The molecule has 0 saturated carbocycles. The number of amides is 1. The summed E-state index contributed by atoms with van der Waals surface area (Å²) in [5.74, 6) is -0.0785. The van der Waals surface area contributed by atoms with Crippen LogP contribution in [0.5, 0.6) is 0 Å². The number of benzene rings is 2. The monoisotopic (exact) mass is 482 g/mol. The lowest BCUT2D eigenvalue weighted by atomic mass is 10.1. The molecule has 0 radical (unpaired) electrons. The molecule has 3 aliphatic heterocycles. The van der Waals surface area contributed by atoms with Crippen molar-refractivity contribution in [1.82, 2.24) is 14.1 Å². The van der Waals surface area contributed by atoms with Gasteiger partial charge in [0.2, 0.25) is 10.0 Å². The largest absolute Gasteiger partial charge is 0.370 e. The van der Waals surface area contributed by atoms with Crippen molar-refractivity contribution in [2.75, 3.05) is 57.3 Å². The SMILES string of the molecule is O=C(c1ccc(N2CCCC2)c(S(=O)(=O)N2CCCC2)c1)N1CCN(Cc2ccccc2)CC1. The van der Waals surface area contributed by atoms with Gasteiger partial charge in [0.05, 0.1) is 5.69 Å². The van der Waals surface area contributed by atoms with E-state index in [0.29, 0.717) is 36.6 Å². The summed E-state index contributed by atoms with van der Waals surface area (Å²) in [4.78, 5) is 20.1. The lowest BCUT2D eigenvalue weighted by molar-refractivity contribution is 0.0628. The van der Waals surface area contributed by atoms with E-state index in [1.165, 1.54) is 5.56 Å². The van der Waals surface area contributed by atoms with Crippen molar-refractivity contribution in [1.29, 1.82) is 0 Å². The molecule has 7 nitrogen and oxygen atoms in total. The molecule has 8 heteroatoms. The van der Waals surface area contributed by atoms with Gasteiger partial charge in [-0.05, 0) is 49.4 Å². The number of hydrogen-bond acceptors (Lipinski definition) is 5. The predicted molar refractivity (Wildman–Crippen MR) is 134 cm³/mol. The molecule has 3 aliphatic rings. The summed E-state index contributed by atoms with van der Waals surface area (Å²) in [5, 5.41) is 0.